The number of aromatic amines is 1. The van der Waals surface area contributed by atoms with Gasteiger partial charge >= 0.3 is 0 Å². The zero-order valence-electron chi connectivity index (χ0n) is 12.6. The van der Waals surface area contributed by atoms with Crippen LogP contribution in [0.15, 0.2) is 48.7 Å². The summed E-state index contributed by atoms with van der Waals surface area (Å²) < 4.78 is 0. The summed E-state index contributed by atoms with van der Waals surface area (Å²) in [7, 11) is 0. The summed E-state index contributed by atoms with van der Waals surface area (Å²) in [5.74, 6) is 0.566. The lowest BCUT2D eigenvalue weighted by Gasteiger charge is -2.31. The van der Waals surface area contributed by atoms with E-state index in [1.165, 1.54) is 23.9 Å². The van der Waals surface area contributed by atoms with Gasteiger partial charge in [-0.3, -0.25) is 15.0 Å². The number of hydrogen-bond donors (Lipinski definition) is 1. The monoisotopic (exact) mass is 292 g/mol. The predicted molar refractivity (Wildman–Crippen MR) is 87.6 cm³/mol. The Morgan fingerprint density at radius 2 is 2.09 bits per heavy atom. The molecule has 0 amide bonds. The number of H-pyrrole nitrogens is 1. The van der Waals surface area contributed by atoms with Gasteiger partial charge in [0.2, 0.25) is 0 Å². The van der Waals surface area contributed by atoms with Crippen LogP contribution in [0.3, 0.4) is 0 Å². The fraction of sp³-hybridized carbons (Fsp3) is 0.333. The SMILES string of the molecule is c1ccc2nc(CN3CCCC(c4ccn[nH]4)C3)ccc2c1. The minimum absolute atomic E-state index is 0.566. The molecule has 112 valence electrons. The number of para-hydroxylation sites is 1. The molecule has 0 spiro atoms. The average Bonchev–Trinajstić information content (AvgIpc) is 3.10. The van der Waals surface area contributed by atoms with Gasteiger partial charge in [-0.2, -0.15) is 5.10 Å². The summed E-state index contributed by atoms with van der Waals surface area (Å²) in [6, 6.07) is 14.7. The van der Waals surface area contributed by atoms with Gasteiger partial charge in [0.15, 0.2) is 0 Å². The molecule has 1 atom stereocenters. The minimum atomic E-state index is 0.566. The van der Waals surface area contributed by atoms with E-state index in [9.17, 15) is 0 Å². The Morgan fingerprint density at radius 1 is 1.14 bits per heavy atom. The molecule has 0 radical (unpaired) electrons. The molecule has 22 heavy (non-hydrogen) atoms. The lowest BCUT2D eigenvalue weighted by atomic mass is 9.95. The number of piperidine rings is 1. The normalized spacial score (nSPS) is 19.5. The Bertz CT molecular complexity index is 751. The molecule has 1 aliphatic rings. The number of rotatable bonds is 3. The number of nitrogens with zero attached hydrogens (tertiary/aromatic N) is 3. The summed E-state index contributed by atoms with van der Waals surface area (Å²) in [6.45, 7) is 3.16. The van der Waals surface area contributed by atoms with E-state index in [1.54, 1.807) is 0 Å². The van der Waals surface area contributed by atoms with E-state index in [-0.39, 0.29) is 0 Å². The summed E-state index contributed by atoms with van der Waals surface area (Å²) in [5, 5.41) is 8.42. The quantitative estimate of drug-likeness (QED) is 0.805. The van der Waals surface area contributed by atoms with Crippen LogP contribution in [-0.4, -0.2) is 33.2 Å². The van der Waals surface area contributed by atoms with Crippen molar-refractivity contribution < 1.29 is 0 Å². The first-order chi connectivity index (χ1) is 10.9. The van der Waals surface area contributed by atoms with Crippen molar-refractivity contribution in [1.82, 2.24) is 20.1 Å². The maximum atomic E-state index is 4.80. The van der Waals surface area contributed by atoms with Crippen molar-refractivity contribution in [2.45, 2.75) is 25.3 Å². The van der Waals surface area contributed by atoms with Gasteiger partial charge < -0.3 is 0 Å². The van der Waals surface area contributed by atoms with E-state index in [1.807, 2.05) is 12.3 Å². The predicted octanol–water partition coefficient (Wildman–Crippen LogP) is 3.34. The Morgan fingerprint density at radius 3 is 3.00 bits per heavy atom. The summed E-state index contributed by atoms with van der Waals surface area (Å²) in [6.07, 6.45) is 4.32. The van der Waals surface area contributed by atoms with Crippen molar-refractivity contribution in [3.05, 3.63) is 60.0 Å². The smallest absolute Gasteiger partial charge is 0.0705 e. The van der Waals surface area contributed by atoms with Crippen LogP contribution in [0, 0.1) is 0 Å². The molecule has 4 rings (SSSR count). The zero-order chi connectivity index (χ0) is 14.8. The summed E-state index contributed by atoms with van der Waals surface area (Å²) in [4.78, 5) is 7.30. The molecule has 1 saturated heterocycles. The first-order valence-corrected chi connectivity index (χ1v) is 7.95. The first-order valence-electron chi connectivity index (χ1n) is 7.95. The van der Waals surface area contributed by atoms with E-state index in [2.05, 4.69) is 51.5 Å². The van der Waals surface area contributed by atoms with Gasteiger partial charge in [0.05, 0.1) is 11.2 Å². The third kappa shape index (κ3) is 2.74. The number of likely N-dealkylation sites (tertiary alicyclic amines) is 1. The number of pyridine rings is 1. The largest absolute Gasteiger partial charge is 0.297 e. The highest BCUT2D eigenvalue weighted by Crippen LogP contribution is 2.26. The van der Waals surface area contributed by atoms with Gasteiger partial charge in [0.25, 0.3) is 0 Å². The van der Waals surface area contributed by atoms with Gasteiger partial charge in [0, 0.05) is 36.3 Å². The molecule has 4 nitrogen and oxygen atoms in total. The lowest BCUT2D eigenvalue weighted by molar-refractivity contribution is 0.196. The van der Waals surface area contributed by atoms with Gasteiger partial charge in [-0.05, 0) is 37.6 Å². The van der Waals surface area contributed by atoms with E-state index in [0.29, 0.717) is 5.92 Å². The molecule has 1 N–H and O–H groups in total. The number of fused-ring (bicyclic) bond motifs is 1. The van der Waals surface area contributed by atoms with E-state index < -0.39 is 0 Å². The number of hydrogen-bond acceptors (Lipinski definition) is 3. The average molecular weight is 292 g/mol. The number of benzene rings is 1. The molecular formula is C18H20N4. The third-order valence-electron chi connectivity index (χ3n) is 4.51. The summed E-state index contributed by atoms with van der Waals surface area (Å²) >= 11 is 0. The Kier molecular flexibility index (Phi) is 3.60. The van der Waals surface area contributed by atoms with Gasteiger partial charge in [0.1, 0.15) is 0 Å². The molecule has 1 fully saturated rings. The molecule has 3 heterocycles. The van der Waals surface area contributed by atoms with Crippen LogP contribution in [-0.2, 0) is 6.54 Å². The fourth-order valence-corrected chi connectivity index (χ4v) is 3.37. The van der Waals surface area contributed by atoms with E-state index in [0.717, 1.165) is 30.8 Å². The second-order valence-electron chi connectivity index (χ2n) is 6.08. The molecule has 0 saturated carbocycles. The van der Waals surface area contributed by atoms with Crippen LogP contribution in [0.1, 0.15) is 30.1 Å². The van der Waals surface area contributed by atoms with Crippen LogP contribution in [0.25, 0.3) is 10.9 Å². The Hall–Kier alpha value is -2.20. The van der Waals surface area contributed by atoms with Gasteiger partial charge in [-0.25, -0.2) is 0 Å². The van der Waals surface area contributed by atoms with Gasteiger partial charge in [-0.1, -0.05) is 24.3 Å². The van der Waals surface area contributed by atoms with Crippen LogP contribution >= 0.6 is 0 Å². The van der Waals surface area contributed by atoms with Crippen molar-refractivity contribution in [2.75, 3.05) is 13.1 Å². The fourth-order valence-electron chi connectivity index (χ4n) is 3.37. The van der Waals surface area contributed by atoms with Crippen molar-refractivity contribution in [3.8, 4) is 0 Å². The minimum Gasteiger partial charge on any atom is -0.297 e. The van der Waals surface area contributed by atoms with Crippen LogP contribution in [0.4, 0.5) is 0 Å². The van der Waals surface area contributed by atoms with E-state index >= 15 is 0 Å². The molecular weight excluding hydrogens is 272 g/mol. The molecule has 1 aliphatic heterocycles. The van der Waals surface area contributed by atoms with Crippen molar-refractivity contribution in [3.63, 3.8) is 0 Å². The van der Waals surface area contributed by atoms with Crippen molar-refractivity contribution >= 4 is 10.9 Å². The van der Waals surface area contributed by atoms with Gasteiger partial charge in [-0.15, -0.1) is 0 Å². The Labute approximate surface area is 130 Å². The summed E-state index contributed by atoms with van der Waals surface area (Å²) in [5.41, 5.74) is 3.50. The van der Waals surface area contributed by atoms with E-state index in [4.69, 9.17) is 4.98 Å². The first kappa shape index (κ1) is 13.5. The lowest BCUT2D eigenvalue weighted by Crippen LogP contribution is -2.34. The van der Waals surface area contributed by atoms with Crippen molar-refractivity contribution in [2.24, 2.45) is 0 Å². The Balaban J connectivity index is 1.49. The molecule has 4 heteroatoms. The second kappa shape index (κ2) is 5.89. The number of aromatic nitrogens is 3. The zero-order valence-corrected chi connectivity index (χ0v) is 12.6. The second-order valence-corrected chi connectivity index (χ2v) is 6.08. The number of nitrogens with one attached hydrogen (secondary N) is 1. The van der Waals surface area contributed by atoms with Crippen molar-refractivity contribution in [1.29, 1.82) is 0 Å². The highest BCUT2D eigenvalue weighted by Gasteiger charge is 2.22. The van der Waals surface area contributed by atoms with Crippen LogP contribution < -0.4 is 0 Å². The molecule has 3 aromatic rings. The molecule has 2 aromatic heterocycles. The third-order valence-corrected chi connectivity index (χ3v) is 4.51. The maximum Gasteiger partial charge on any atom is 0.0705 e. The molecule has 1 unspecified atom stereocenters. The van der Waals surface area contributed by atoms with Crippen LogP contribution in [0.2, 0.25) is 0 Å². The highest BCUT2D eigenvalue weighted by atomic mass is 15.2. The standard InChI is InChI=1S/C18H20N4/c1-2-6-17-14(4-1)7-8-16(20-17)13-22-11-3-5-15(12-22)18-9-10-19-21-18/h1-2,4,6-10,15H,3,5,11-13H2,(H,19,21). The highest BCUT2D eigenvalue weighted by molar-refractivity contribution is 5.78. The van der Waals surface area contributed by atoms with Crippen LogP contribution in [0.5, 0.6) is 0 Å². The molecule has 0 aliphatic carbocycles. The molecule has 0 bridgehead atoms. The maximum absolute atomic E-state index is 4.80. The molecule has 1 aromatic carbocycles. The topological polar surface area (TPSA) is 44.8 Å².